The van der Waals surface area contributed by atoms with Gasteiger partial charge in [-0.3, -0.25) is 9.59 Å². The Bertz CT molecular complexity index is 1520. The minimum Gasteiger partial charge on any atom is -0.497 e. The van der Waals surface area contributed by atoms with Crippen LogP contribution in [-0.2, 0) is 11.2 Å². The summed E-state index contributed by atoms with van der Waals surface area (Å²) in [6, 6.07) is 19.8. The smallest absolute Gasteiger partial charge is 0.255 e. The number of carbonyl (C=O) groups is 2. The lowest BCUT2D eigenvalue weighted by molar-refractivity contribution is 0.0303. The van der Waals surface area contributed by atoms with E-state index >= 15 is 0 Å². The van der Waals surface area contributed by atoms with E-state index in [1.54, 1.807) is 36.3 Å². The molecule has 0 aliphatic carbocycles. The quantitative estimate of drug-likeness (QED) is 0.364. The normalized spacial score (nSPS) is 13.1. The minimum absolute atomic E-state index is 0.00372. The number of nitrogen functional groups attached to an aromatic ring is 1. The van der Waals surface area contributed by atoms with Crippen LogP contribution in [0.5, 0.6) is 5.75 Å². The Morgan fingerprint density at radius 2 is 1.65 bits per heavy atom. The number of amides is 2. The Morgan fingerprint density at radius 1 is 0.950 bits per heavy atom. The van der Waals surface area contributed by atoms with Gasteiger partial charge in [-0.05, 0) is 60.5 Å². The predicted molar refractivity (Wildman–Crippen MR) is 151 cm³/mol. The average Bonchev–Trinajstić information content (AvgIpc) is 2.98. The van der Waals surface area contributed by atoms with Gasteiger partial charge in [0.1, 0.15) is 11.6 Å². The number of benzene rings is 3. The van der Waals surface area contributed by atoms with Crippen LogP contribution in [0.15, 0.2) is 66.7 Å². The lowest BCUT2D eigenvalue weighted by atomic mass is 10.0. The molecule has 0 spiro atoms. The Balaban J connectivity index is 1.33. The molecule has 0 saturated carbocycles. The van der Waals surface area contributed by atoms with Gasteiger partial charge in [-0.25, -0.2) is 4.98 Å². The maximum absolute atomic E-state index is 12.8. The second kappa shape index (κ2) is 11.9. The topological polar surface area (TPSA) is 133 Å². The van der Waals surface area contributed by atoms with Crippen molar-refractivity contribution in [3.8, 4) is 17.1 Å². The van der Waals surface area contributed by atoms with Crippen LogP contribution in [0.25, 0.3) is 11.4 Å². The average molecular weight is 539 g/mol. The van der Waals surface area contributed by atoms with Crippen molar-refractivity contribution in [3.63, 3.8) is 0 Å². The highest BCUT2D eigenvalue weighted by molar-refractivity contribution is 6.05. The summed E-state index contributed by atoms with van der Waals surface area (Å²) in [4.78, 5) is 40.7. The molecule has 0 unspecified atom stereocenters. The SMILES string of the molecule is COc1ccc(C(=O)Nc2cccc(-c3nc(N)nc(Cc4ccc(C(=O)N5CCOCC5)cc4)n3)c2C)cc1. The number of carbonyl (C=O) groups excluding carboxylic acids is 2. The first-order valence-electron chi connectivity index (χ1n) is 12.9. The van der Waals surface area contributed by atoms with E-state index in [4.69, 9.17) is 15.2 Å². The van der Waals surface area contributed by atoms with Crippen LogP contribution >= 0.6 is 0 Å². The first-order valence-corrected chi connectivity index (χ1v) is 12.9. The largest absolute Gasteiger partial charge is 0.497 e. The Labute approximate surface area is 232 Å². The van der Waals surface area contributed by atoms with E-state index in [1.807, 2.05) is 49.4 Å². The van der Waals surface area contributed by atoms with Crippen molar-refractivity contribution in [1.29, 1.82) is 0 Å². The number of nitrogens with one attached hydrogen (secondary N) is 1. The van der Waals surface area contributed by atoms with Gasteiger partial charge in [-0.1, -0.05) is 24.3 Å². The van der Waals surface area contributed by atoms with Crippen molar-refractivity contribution in [3.05, 3.63) is 94.8 Å². The molecular weight excluding hydrogens is 508 g/mol. The van der Waals surface area contributed by atoms with Crippen LogP contribution < -0.4 is 15.8 Å². The van der Waals surface area contributed by atoms with Crippen LogP contribution in [-0.4, -0.2) is 65.1 Å². The fraction of sp³-hybridized carbons (Fsp3) is 0.233. The van der Waals surface area contributed by atoms with E-state index in [9.17, 15) is 9.59 Å². The fourth-order valence-corrected chi connectivity index (χ4v) is 4.48. The number of nitrogens with two attached hydrogens (primary N) is 1. The van der Waals surface area contributed by atoms with Crippen LogP contribution in [0.3, 0.4) is 0 Å². The van der Waals surface area contributed by atoms with Gasteiger partial charge in [-0.2, -0.15) is 9.97 Å². The van der Waals surface area contributed by atoms with E-state index in [1.165, 1.54) is 0 Å². The van der Waals surface area contributed by atoms with Crippen molar-refractivity contribution >= 4 is 23.5 Å². The monoisotopic (exact) mass is 538 g/mol. The summed E-state index contributed by atoms with van der Waals surface area (Å²) in [6.07, 6.45) is 0.415. The zero-order valence-electron chi connectivity index (χ0n) is 22.4. The summed E-state index contributed by atoms with van der Waals surface area (Å²) in [5.74, 6) is 1.45. The molecule has 2 amide bonds. The molecule has 10 nitrogen and oxygen atoms in total. The predicted octanol–water partition coefficient (Wildman–Crippen LogP) is 3.75. The number of hydrogen-bond donors (Lipinski definition) is 2. The Kier molecular flexibility index (Phi) is 7.97. The van der Waals surface area contributed by atoms with Crippen LogP contribution in [0.2, 0.25) is 0 Å². The highest BCUT2D eigenvalue weighted by Crippen LogP contribution is 2.27. The van der Waals surface area contributed by atoms with Gasteiger partial charge in [0.2, 0.25) is 5.95 Å². The number of nitrogens with zero attached hydrogens (tertiary/aromatic N) is 4. The number of hydrogen-bond acceptors (Lipinski definition) is 8. The van der Waals surface area contributed by atoms with Crippen molar-refractivity contribution in [2.24, 2.45) is 0 Å². The van der Waals surface area contributed by atoms with Crippen LogP contribution in [0, 0.1) is 6.92 Å². The number of ether oxygens (including phenoxy) is 2. The molecule has 10 heteroatoms. The zero-order chi connectivity index (χ0) is 28.1. The standard InChI is InChI=1S/C30H30N6O4/c1-19-24(4-3-5-25(19)32-28(37)21-10-12-23(39-2)13-11-21)27-33-26(34-30(31)35-27)18-20-6-8-22(9-7-20)29(38)36-14-16-40-17-15-36/h3-13H,14-18H2,1-2H3,(H,32,37)(H2,31,33,34,35). The molecule has 1 aromatic heterocycles. The highest BCUT2D eigenvalue weighted by atomic mass is 16.5. The van der Waals surface area contributed by atoms with Crippen LogP contribution in [0.4, 0.5) is 11.6 Å². The van der Waals surface area contributed by atoms with E-state index < -0.39 is 0 Å². The Hall–Kier alpha value is -4.83. The lowest BCUT2D eigenvalue weighted by Crippen LogP contribution is -2.40. The third-order valence-electron chi connectivity index (χ3n) is 6.74. The highest BCUT2D eigenvalue weighted by Gasteiger charge is 2.19. The summed E-state index contributed by atoms with van der Waals surface area (Å²) < 4.78 is 10.5. The summed E-state index contributed by atoms with van der Waals surface area (Å²) in [5, 5.41) is 2.96. The molecule has 1 saturated heterocycles. The summed E-state index contributed by atoms with van der Waals surface area (Å²) in [6.45, 7) is 4.20. The molecule has 40 heavy (non-hydrogen) atoms. The molecule has 0 bridgehead atoms. The zero-order valence-corrected chi connectivity index (χ0v) is 22.4. The van der Waals surface area contributed by atoms with Crippen molar-refractivity contribution in [2.75, 3.05) is 44.5 Å². The maximum atomic E-state index is 12.8. The number of aromatic nitrogens is 3. The van der Waals surface area contributed by atoms with Crippen LogP contribution in [0.1, 0.15) is 37.7 Å². The molecule has 5 rings (SSSR count). The molecular formula is C30H30N6O4. The molecule has 1 aliphatic rings. The second-order valence-corrected chi connectivity index (χ2v) is 9.37. The van der Waals surface area contributed by atoms with Gasteiger partial charge < -0.3 is 25.4 Å². The minimum atomic E-state index is -0.241. The molecule has 204 valence electrons. The van der Waals surface area contributed by atoms with E-state index in [2.05, 4.69) is 20.3 Å². The van der Waals surface area contributed by atoms with Gasteiger partial charge in [0, 0.05) is 41.9 Å². The molecule has 0 atom stereocenters. The molecule has 0 radical (unpaired) electrons. The Morgan fingerprint density at radius 3 is 2.35 bits per heavy atom. The van der Waals surface area contributed by atoms with Gasteiger partial charge in [0.25, 0.3) is 11.8 Å². The summed E-state index contributed by atoms with van der Waals surface area (Å²) in [7, 11) is 1.58. The molecule has 4 aromatic rings. The van der Waals surface area contributed by atoms with Crippen molar-refractivity contribution in [1.82, 2.24) is 19.9 Å². The lowest BCUT2D eigenvalue weighted by Gasteiger charge is -2.26. The number of rotatable bonds is 7. The van der Waals surface area contributed by atoms with Gasteiger partial charge in [0.05, 0.1) is 20.3 Å². The van der Waals surface area contributed by atoms with Gasteiger partial charge in [0.15, 0.2) is 5.82 Å². The molecule has 1 fully saturated rings. The van der Waals surface area contributed by atoms with Crippen molar-refractivity contribution < 1.29 is 19.1 Å². The van der Waals surface area contributed by atoms with Gasteiger partial charge in [-0.15, -0.1) is 0 Å². The number of methoxy groups -OCH3 is 1. The van der Waals surface area contributed by atoms with E-state index in [-0.39, 0.29) is 17.8 Å². The molecule has 1 aliphatic heterocycles. The van der Waals surface area contributed by atoms with E-state index in [0.717, 1.165) is 16.7 Å². The first kappa shape index (κ1) is 26.8. The maximum Gasteiger partial charge on any atom is 0.255 e. The third-order valence-corrected chi connectivity index (χ3v) is 6.74. The summed E-state index contributed by atoms with van der Waals surface area (Å²) in [5.41, 5.74) is 10.3. The van der Waals surface area contributed by atoms with Crippen molar-refractivity contribution in [2.45, 2.75) is 13.3 Å². The summed E-state index contributed by atoms with van der Waals surface area (Å²) >= 11 is 0. The van der Waals surface area contributed by atoms with E-state index in [0.29, 0.717) is 66.9 Å². The molecule has 2 heterocycles. The number of morpholine rings is 1. The molecule has 3 N–H and O–H groups in total. The first-order chi connectivity index (χ1) is 19.4. The van der Waals surface area contributed by atoms with Gasteiger partial charge >= 0.3 is 0 Å². The number of anilines is 2. The second-order valence-electron chi connectivity index (χ2n) is 9.37. The molecule has 3 aromatic carbocycles. The third kappa shape index (κ3) is 6.08. The fourth-order valence-electron chi connectivity index (χ4n) is 4.48.